The summed E-state index contributed by atoms with van der Waals surface area (Å²) in [7, 11) is 0. The molecule has 4 nitrogen and oxygen atoms in total. The second-order valence-electron chi connectivity index (χ2n) is 3.67. The molecule has 0 spiro atoms. The molecule has 0 aromatic heterocycles. The van der Waals surface area contributed by atoms with Crippen LogP contribution in [0, 0.1) is 15.9 Å². The molecule has 20 heavy (non-hydrogen) atoms. The molecule has 0 amide bonds. The molecule has 2 rings (SSSR count). The van der Waals surface area contributed by atoms with Gasteiger partial charge in [-0.05, 0) is 18.2 Å². The summed E-state index contributed by atoms with van der Waals surface area (Å²) < 4.78 is 18.9. The molecule has 2 aromatic carbocycles. The molecule has 0 unspecified atom stereocenters. The molecule has 2 aromatic rings. The highest BCUT2D eigenvalue weighted by Gasteiger charge is 2.16. The Bertz CT molecular complexity index is 671. The fourth-order valence-electron chi connectivity index (χ4n) is 1.44. The maximum atomic E-state index is 13.7. The Balaban J connectivity index is 2.36. The molecule has 0 saturated carbocycles. The van der Waals surface area contributed by atoms with E-state index in [9.17, 15) is 14.5 Å². The summed E-state index contributed by atoms with van der Waals surface area (Å²) in [5, 5.41) is 10.6. The standard InChI is InChI=1S/C12H5Cl3FNO3/c13-6-3-9(15)12(10(16)4-6)20-7-1-2-11(17(18)19)8(14)5-7/h1-5H. The summed E-state index contributed by atoms with van der Waals surface area (Å²) in [6.45, 7) is 0. The average Bonchev–Trinajstić information content (AvgIpc) is 2.33. The van der Waals surface area contributed by atoms with Crippen LogP contribution in [0.5, 0.6) is 11.5 Å². The molecule has 0 radical (unpaired) electrons. The lowest BCUT2D eigenvalue weighted by molar-refractivity contribution is -0.384. The third-order valence-corrected chi connectivity index (χ3v) is 3.10. The quantitative estimate of drug-likeness (QED) is 0.550. The van der Waals surface area contributed by atoms with Crippen LogP contribution in [0.2, 0.25) is 15.1 Å². The van der Waals surface area contributed by atoms with Crippen molar-refractivity contribution in [3.05, 3.63) is 61.3 Å². The highest BCUT2D eigenvalue weighted by atomic mass is 35.5. The molecule has 0 aliphatic rings. The smallest absolute Gasteiger partial charge is 0.288 e. The van der Waals surface area contributed by atoms with Gasteiger partial charge >= 0.3 is 0 Å². The van der Waals surface area contributed by atoms with Gasteiger partial charge in [-0.1, -0.05) is 34.8 Å². The van der Waals surface area contributed by atoms with Gasteiger partial charge in [-0.15, -0.1) is 0 Å². The lowest BCUT2D eigenvalue weighted by Gasteiger charge is -2.09. The van der Waals surface area contributed by atoms with Gasteiger partial charge in [-0.2, -0.15) is 0 Å². The van der Waals surface area contributed by atoms with Crippen molar-refractivity contribution in [2.24, 2.45) is 0 Å². The van der Waals surface area contributed by atoms with Gasteiger partial charge in [-0.3, -0.25) is 10.1 Å². The van der Waals surface area contributed by atoms with Crippen LogP contribution < -0.4 is 4.74 Å². The Morgan fingerprint density at radius 2 is 1.80 bits per heavy atom. The first kappa shape index (κ1) is 14.8. The summed E-state index contributed by atoms with van der Waals surface area (Å²) in [6, 6.07) is 5.99. The molecule has 0 saturated heterocycles. The molecule has 8 heteroatoms. The van der Waals surface area contributed by atoms with Gasteiger partial charge in [0.25, 0.3) is 5.69 Å². The summed E-state index contributed by atoms with van der Waals surface area (Å²) in [5.74, 6) is -0.873. The van der Waals surface area contributed by atoms with E-state index in [2.05, 4.69) is 0 Å². The molecule has 0 N–H and O–H groups in total. The van der Waals surface area contributed by atoms with Crippen LogP contribution in [0.1, 0.15) is 0 Å². The number of rotatable bonds is 3. The van der Waals surface area contributed by atoms with Crippen molar-refractivity contribution in [1.82, 2.24) is 0 Å². The van der Waals surface area contributed by atoms with Crippen molar-refractivity contribution < 1.29 is 14.1 Å². The van der Waals surface area contributed by atoms with Crippen LogP contribution >= 0.6 is 34.8 Å². The molecular weight excluding hydrogens is 331 g/mol. The van der Waals surface area contributed by atoms with E-state index in [1.807, 2.05) is 0 Å². The van der Waals surface area contributed by atoms with Crippen molar-refractivity contribution in [3.63, 3.8) is 0 Å². The van der Waals surface area contributed by atoms with Crippen molar-refractivity contribution in [2.45, 2.75) is 0 Å². The number of nitro groups is 1. The minimum atomic E-state index is -0.753. The van der Waals surface area contributed by atoms with Crippen LogP contribution in [0.3, 0.4) is 0 Å². The van der Waals surface area contributed by atoms with Crippen molar-refractivity contribution in [2.75, 3.05) is 0 Å². The topological polar surface area (TPSA) is 52.4 Å². The summed E-state index contributed by atoms with van der Waals surface area (Å²) in [6.07, 6.45) is 0. The second kappa shape index (κ2) is 5.83. The largest absolute Gasteiger partial charge is 0.453 e. The van der Waals surface area contributed by atoms with Crippen LogP contribution in [0.15, 0.2) is 30.3 Å². The normalized spacial score (nSPS) is 10.4. The average molecular weight is 337 g/mol. The molecule has 0 bridgehead atoms. The first-order valence-corrected chi connectivity index (χ1v) is 6.28. The number of ether oxygens (including phenoxy) is 1. The van der Waals surface area contributed by atoms with Gasteiger partial charge in [0, 0.05) is 17.2 Å². The van der Waals surface area contributed by atoms with Gasteiger partial charge in [0.1, 0.15) is 10.8 Å². The first-order chi connectivity index (χ1) is 9.38. The third kappa shape index (κ3) is 3.12. The van der Waals surface area contributed by atoms with Crippen molar-refractivity contribution in [1.29, 1.82) is 0 Å². The van der Waals surface area contributed by atoms with E-state index in [0.717, 1.165) is 12.1 Å². The Morgan fingerprint density at radius 1 is 1.10 bits per heavy atom. The predicted molar refractivity (Wildman–Crippen MR) is 74.6 cm³/mol. The van der Waals surface area contributed by atoms with Crippen LogP contribution in [-0.2, 0) is 0 Å². The minimum absolute atomic E-state index is 0.0236. The Labute approximate surface area is 127 Å². The second-order valence-corrected chi connectivity index (χ2v) is 4.92. The van der Waals surface area contributed by atoms with E-state index in [-0.39, 0.29) is 32.3 Å². The van der Waals surface area contributed by atoms with E-state index < -0.39 is 10.7 Å². The minimum Gasteiger partial charge on any atom is -0.453 e. The van der Waals surface area contributed by atoms with Crippen LogP contribution in [-0.4, -0.2) is 4.92 Å². The van der Waals surface area contributed by atoms with E-state index in [0.29, 0.717) is 0 Å². The number of nitrogens with zero attached hydrogens (tertiary/aromatic N) is 1. The number of hydrogen-bond donors (Lipinski definition) is 0. The Kier molecular flexibility index (Phi) is 4.32. The Morgan fingerprint density at radius 3 is 2.35 bits per heavy atom. The van der Waals surface area contributed by atoms with Gasteiger partial charge in [0.2, 0.25) is 0 Å². The molecular formula is C12H5Cl3FNO3. The first-order valence-electron chi connectivity index (χ1n) is 5.15. The third-order valence-electron chi connectivity index (χ3n) is 2.30. The van der Waals surface area contributed by atoms with Gasteiger partial charge in [0.15, 0.2) is 11.6 Å². The van der Waals surface area contributed by atoms with Crippen molar-refractivity contribution in [3.8, 4) is 11.5 Å². The van der Waals surface area contributed by atoms with E-state index in [4.69, 9.17) is 39.5 Å². The number of nitro benzene ring substituents is 1. The number of benzene rings is 2. The van der Waals surface area contributed by atoms with Gasteiger partial charge in [-0.25, -0.2) is 4.39 Å². The van der Waals surface area contributed by atoms with E-state index in [1.54, 1.807) is 0 Å². The van der Waals surface area contributed by atoms with E-state index in [1.165, 1.54) is 18.2 Å². The lowest BCUT2D eigenvalue weighted by atomic mass is 10.3. The molecule has 0 atom stereocenters. The molecule has 0 aliphatic heterocycles. The SMILES string of the molecule is O=[N+]([O-])c1ccc(Oc2c(F)cc(Cl)cc2Cl)cc1Cl. The molecule has 0 aliphatic carbocycles. The number of halogens is 4. The van der Waals surface area contributed by atoms with Crippen molar-refractivity contribution >= 4 is 40.5 Å². The van der Waals surface area contributed by atoms with Crippen LogP contribution in [0.4, 0.5) is 10.1 Å². The maximum Gasteiger partial charge on any atom is 0.288 e. The summed E-state index contributed by atoms with van der Waals surface area (Å²) in [5.41, 5.74) is -0.276. The zero-order chi connectivity index (χ0) is 14.9. The zero-order valence-corrected chi connectivity index (χ0v) is 11.8. The van der Waals surface area contributed by atoms with Crippen LogP contribution in [0.25, 0.3) is 0 Å². The zero-order valence-electron chi connectivity index (χ0n) is 9.57. The fourth-order valence-corrected chi connectivity index (χ4v) is 2.19. The molecule has 0 heterocycles. The highest BCUT2D eigenvalue weighted by Crippen LogP contribution is 2.36. The number of hydrogen-bond acceptors (Lipinski definition) is 3. The molecule has 0 fully saturated rings. The Hall–Kier alpha value is -1.56. The van der Waals surface area contributed by atoms with E-state index >= 15 is 0 Å². The van der Waals surface area contributed by atoms with Gasteiger partial charge in [0.05, 0.1) is 9.95 Å². The monoisotopic (exact) mass is 335 g/mol. The summed E-state index contributed by atoms with van der Waals surface area (Å²) in [4.78, 5) is 9.98. The molecule has 104 valence electrons. The maximum absolute atomic E-state index is 13.7. The fraction of sp³-hybridized carbons (Fsp3) is 0. The van der Waals surface area contributed by atoms with Gasteiger partial charge < -0.3 is 4.74 Å². The lowest BCUT2D eigenvalue weighted by Crippen LogP contribution is -1.92. The summed E-state index contributed by atoms with van der Waals surface area (Å²) >= 11 is 17.2. The highest BCUT2D eigenvalue weighted by molar-refractivity contribution is 6.35. The predicted octanol–water partition coefficient (Wildman–Crippen LogP) is 5.49.